The number of ether oxygens (including phenoxy) is 2. The molecule has 2 heterocycles. The number of carbonyl (C=O) groups is 2. The first-order chi connectivity index (χ1) is 15.5. The highest BCUT2D eigenvalue weighted by atomic mass is 35.5. The molecule has 0 bridgehead atoms. The Bertz CT molecular complexity index is 1190. The van der Waals surface area contributed by atoms with Gasteiger partial charge in [-0.1, -0.05) is 11.6 Å². The molecule has 1 fully saturated rings. The van der Waals surface area contributed by atoms with E-state index >= 15 is 0 Å². The van der Waals surface area contributed by atoms with Crippen molar-refractivity contribution >= 4 is 34.4 Å². The third-order valence-electron chi connectivity index (χ3n) is 4.99. The number of nitrogens with zero attached hydrogens (tertiary/aromatic N) is 2. The summed E-state index contributed by atoms with van der Waals surface area (Å²) in [7, 11) is 1.45. The quantitative estimate of drug-likeness (QED) is 0.564. The van der Waals surface area contributed by atoms with Gasteiger partial charge in [0.25, 0.3) is 5.91 Å². The summed E-state index contributed by atoms with van der Waals surface area (Å²) >= 11 is 5.81. The average molecular weight is 459 g/mol. The number of hydrogen-bond donors (Lipinski definition) is 2. The second kappa shape index (κ2) is 9.27. The van der Waals surface area contributed by atoms with Crippen molar-refractivity contribution in [3.63, 3.8) is 0 Å². The van der Waals surface area contributed by atoms with Crippen molar-refractivity contribution in [3.8, 4) is 17.2 Å². The number of pyridine rings is 1. The molecule has 4 rings (SSSR count). The minimum absolute atomic E-state index is 0.00684. The van der Waals surface area contributed by atoms with Gasteiger partial charge in [-0.25, -0.2) is 9.18 Å². The van der Waals surface area contributed by atoms with Crippen LogP contribution in [0.4, 0.5) is 9.18 Å². The van der Waals surface area contributed by atoms with E-state index in [1.165, 1.54) is 25.4 Å². The minimum Gasteiger partial charge on any atom is -0.496 e. The van der Waals surface area contributed by atoms with E-state index < -0.39 is 5.82 Å². The van der Waals surface area contributed by atoms with Gasteiger partial charge < -0.3 is 25.0 Å². The van der Waals surface area contributed by atoms with Crippen molar-refractivity contribution in [2.45, 2.75) is 0 Å². The first kappa shape index (κ1) is 21.6. The van der Waals surface area contributed by atoms with Gasteiger partial charge in [-0.3, -0.25) is 9.78 Å². The maximum Gasteiger partial charge on any atom is 0.317 e. The molecule has 3 amide bonds. The van der Waals surface area contributed by atoms with Crippen LogP contribution in [0.25, 0.3) is 10.9 Å². The Hall–Kier alpha value is -3.59. The third kappa shape index (κ3) is 4.52. The van der Waals surface area contributed by atoms with Gasteiger partial charge >= 0.3 is 6.03 Å². The van der Waals surface area contributed by atoms with Crippen LogP contribution in [-0.2, 0) is 0 Å². The Balaban J connectivity index is 1.59. The van der Waals surface area contributed by atoms with Gasteiger partial charge in [0.05, 0.1) is 18.2 Å². The summed E-state index contributed by atoms with van der Waals surface area (Å²) < 4.78 is 25.3. The molecule has 1 saturated heterocycles. The second-order valence-corrected chi connectivity index (χ2v) is 7.47. The number of aromatic nitrogens is 1. The van der Waals surface area contributed by atoms with Gasteiger partial charge in [0, 0.05) is 48.9 Å². The Morgan fingerprint density at radius 3 is 2.81 bits per heavy atom. The van der Waals surface area contributed by atoms with Crippen LogP contribution >= 0.6 is 11.6 Å². The molecule has 8 nitrogen and oxygen atoms in total. The lowest BCUT2D eigenvalue weighted by atomic mass is 10.1. The Morgan fingerprint density at radius 2 is 2.09 bits per heavy atom. The van der Waals surface area contributed by atoms with Crippen LogP contribution in [0.2, 0.25) is 5.02 Å². The monoisotopic (exact) mass is 458 g/mol. The Labute approximate surface area is 188 Å². The second-order valence-electron chi connectivity index (χ2n) is 7.03. The van der Waals surface area contributed by atoms with Crippen LogP contribution in [-0.4, -0.2) is 55.1 Å². The molecular weight excluding hydrogens is 439 g/mol. The fraction of sp³-hybridized carbons (Fsp3) is 0.227. The zero-order chi connectivity index (χ0) is 22.7. The SMILES string of the molecule is COc1cc2nccc(Oc3ccc(Cl)cc3F)c2cc1C(=O)NCCN1CCNC1=O. The lowest BCUT2D eigenvalue weighted by Gasteiger charge is -2.16. The standard InChI is InChI=1S/C22H20ClFN4O4/c1-31-20-12-17-14(11-15(20)21(29)26-6-8-28-9-7-27-22(28)30)18(4-5-25-17)32-19-3-2-13(23)10-16(19)24/h2-5,10-12H,6-9H2,1H3,(H,26,29)(H,27,30). The molecule has 10 heteroatoms. The Morgan fingerprint density at radius 1 is 1.25 bits per heavy atom. The van der Waals surface area contributed by atoms with E-state index in [-0.39, 0.29) is 34.8 Å². The fourth-order valence-corrected chi connectivity index (χ4v) is 3.54. The van der Waals surface area contributed by atoms with E-state index in [9.17, 15) is 14.0 Å². The first-order valence-corrected chi connectivity index (χ1v) is 10.2. The van der Waals surface area contributed by atoms with Crippen LogP contribution in [0.5, 0.6) is 17.2 Å². The zero-order valence-corrected chi connectivity index (χ0v) is 17.9. The molecule has 1 aromatic heterocycles. The molecule has 2 aromatic carbocycles. The van der Waals surface area contributed by atoms with E-state index in [4.69, 9.17) is 21.1 Å². The van der Waals surface area contributed by atoms with E-state index in [1.54, 1.807) is 23.1 Å². The number of carbonyl (C=O) groups excluding carboxylic acids is 2. The molecule has 2 N–H and O–H groups in total. The number of rotatable bonds is 7. The molecular formula is C22H20ClFN4O4. The largest absolute Gasteiger partial charge is 0.496 e. The molecule has 3 aromatic rings. The van der Waals surface area contributed by atoms with E-state index in [0.29, 0.717) is 42.0 Å². The summed E-state index contributed by atoms with van der Waals surface area (Å²) in [5.74, 6) is -0.346. The lowest BCUT2D eigenvalue weighted by Crippen LogP contribution is -2.36. The van der Waals surface area contributed by atoms with Gasteiger partial charge in [0.15, 0.2) is 11.6 Å². The fourth-order valence-electron chi connectivity index (χ4n) is 3.38. The number of methoxy groups -OCH3 is 1. The zero-order valence-electron chi connectivity index (χ0n) is 17.2. The number of benzene rings is 2. The highest BCUT2D eigenvalue weighted by molar-refractivity contribution is 6.30. The molecule has 0 atom stereocenters. The smallest absolute Gasteiger partial charge is 0.317 e. The number of nitrogens with one attached hydrogen (secondary N) is 2. The average Bonchev–Trinajstić information content (AvgIpc) is 3.19. The molecule has 166 valence electrons. The van der Waals surface area contributed by atoms with Crippen LogP contribution < -0.4 is 20.1 Å². The van der Waals surface area contributed by atoms with Crippen molar-refractivity contribution < 1.29 is 23.5 Å². The predicted molar refractivity (Wildman–Crippen MR) is 117 cm³/mol. The molecule has 0 spiro atoms. The summed E-state index contributed by atoms with van der Waals surface area (Å²) in [6.45, 7) is 1.86. The van der Waals surface area contributed by atoms with Crippen molar-refractivity contribution in [2.24, 2.45) is 0 Å². The van der Waals surface area contributed by atoms with E-state index in [2.05, 4.69) is 15.6 Å². The van der Waals surface area contributed by atoms with Gasteiger partial charge in [0.1, 0.15) is 11.5 Å². The first-order valence-electron chi connectivity index (χ1n) is 9.87. The van der Waals surface area contributed by atoms with Gasteiger partial charge in [-0.2, -0.15) is 0 Å². The molecule has 0 unspecified atom stereocenters. The number of fused-ring (bicyclic) bond motifs is 1. The van der Waals surface area contributed by atoms with Crippen molar-refractivity contribution in [3.05, 3.63) is 59.0 Å². The molecule has 0 aliphatic carbocycles. The summed E-state index contributed by atoms with van der Waals surface area (Å²) in [5, 5.41) is 6.26. The van der Waals surface area contributed by atoms with Crippen LogP contribution in [0.3, 0.4) is 0 Å². The minimum atomic E-state index is -0.611. The third-order valence-corrected chi connectivity index (χ3v) is 5.23. The van der Waals surface area contributed by atoms with Gasteiger partial charge in [0.2, 0.25) is 0 Å². The number of amides is 3. The molecule has 0 saturated carbocycles. The Kier molecular flexibility index (Phi) is 6.27. The number of urea groups is 1. The van der Waals surface area contributed by atoms with Gasteiger partial charge in [-0.05, 0) is 30.3 Å². The van der Waals surface area contributed by atoms with Crippen molar-refractivity contribution in [1.29, 1.82) is 0 Å². The number of hydrogen-bond acceptors (Lipinski definition) is 5. The lowest BCUT2D eigenvalue weighted by molar-refractivity contribution is 0.0947. The highest BCUT2D eigenvalue weighted by Crippen LogP contribution is 2.34. The highest BCUT2D eigenvalue weighted by Gasteiger charge is 2.20. The maximum absolute atomic E-state index is 14.2. The summed E-state index contributed by atoms with van der Waals surface area (Å²) in [4.78, 5) is 30.4. The van der Waals surface area contributed by atoms with Crippen LogP contribution in [0.1, 0.15) is 10.4 Å². The van der Waals surface area contributed by atoms with Crippen LogP contribution in [0, 0.1) is 5.82 Å². The molecule has 1 aliphatic heterocycles. The molecule has 0 radical (unpaired) electrons. The van der Waals surface area contributed by atoms with E-state index in [0.717, 1.165) is 6.07 Å². The maximum atomic E-state index is 14.2. The number of halogens is 2. The topological polar surface area (TPSA) is 92.8 Å². The van der Waals surface area contributed by atoms with E-state index in [1.807, 2.05) is 0 Å². The van der Waals surface area contributed by atoms with Crippen molar-refractivity contribution in [2.75, 3.05) is 33.3 Å². The normalized spacial score (nSPS) is 13.2. The summed E-state index contributed by atoms with van der Waals surface area (Å²) in [6, 6.07) is 8.73. The summed E-state index contributed by atoms with van der Waals surface area (Å²) in [6.07, 6.45) is 1.52. The summed E-state index contributed by atoms with van der Waals surface area (Å²) in [5.41, 5.74) is 0.777. The van der Waals surface area contributed by atoms with Crippen LogP contribution in [0.15, 0.2) is 42.6 Å². The molecule has 32 heavy (non-hydrogen) atoms. The predicted octanol–water partition coefficient (Wildman–Crippen LogP) is 3.58. The van der Waals surface area contributed by atoms with Crippen molar-refractivity contribution in [1.82, 2.24) is 20.5 Å². The molecule has 1 aliphatic rings. The van der Waals surface area contributed by atoms with Gasteiger partial charge in [-0.15, -0.1) is 0 Å².